The Morgan fingerprint density at radius 1 is 1.42 bits per heavy atom. The predicted molar refractivity (Wildman–Crippen MR) is 98.4 cm³/mol. The van der Waals surface area contributed by atoms with Crippen LogP contribution in [0.5, 0.6) is 0 Å². The molecule has 7 nitrogen and oxygen atoms in total. The minimum atomic E-state index is -0.494. The van der Waals surface area contributed by atoms with Gasteiger partial charge in [0.2, 0.25) is 11.8 Å². The van der Waals surface area contributed by atoms with Crippen molar-refractivity contribution in [3.05, 3.63) is 40.4 Å². The van der Waals surface area contributed by atoms with Crippen molar-refractivity contribution in [3.63, 3.8) is 0 Å². The van der Waals surface area contributed by atoms with Crippen molar-refractivity contribution >= 4 is 51.5 Å². The number of thiazole rings is 1. The third kappa shape index (κ3) is 4.03. The number of carbonyl (C=O) groups is 3. The molecule has 1 atom stereocenters. The van der Waals surface area contributed by atoms with Crippen LogP contribution < -0.4 is 10.2 Å². The monoisotopic (exact) mass is 393 g/mol. The summed E-state index contributed by atoms with van der Waals surface area (Å²) in [7, 11) is 1.30. The molecule has 0 radical (unpaired) electrons. The lowest BCUT2D eigenvalue weighted by molar-refractivity contribution is -0.139. The first kappa shape index (κ1) is 18.3. The fraction of sp³-hybridized carbons (Fsp3) is 0.294. The van der Waals surface area contributed by atoms with E-state index in [2.05, 4.69) is 15.0 Å². The van der Waals surface area contributed by atoms with Crippen LogP contribution in [0.25, 0.3) is 0 Å². The molecule has 1 saturated heterocycles. The molecule has 1 N–H and O–H groups in total. The fourth-order valence-corrected chi connectivity index (χ4v) is 3.61. The van der Waals surface area contributed by atoms with Gasteiger partial charge in [0.25, 0.3) is 0 Å². The number of hydrogen-bond donors (Lipinski definition) is 1. The van der Waals surface area contributed by atoms with Crippen molar-refractivity contribution in [2.75, 3.05) is 23.9 Å². The number of aromatic nitrogens is 1. The van der Waals surface area contributed by atoms with Gasteiger partial charge in [-0.05, 0) is 12.1 Å². The summed E-state index contributed by atoms with van der Waals surface area (Å²) in [6.07, 6.45) is 0.155. The molecular weight excluding hydrogens is 378 g/mol. The van der Waals surface area contributed by atoms with E-state index in [0.29, 0.717) is 21.5 Å². The Hall–Kier alpha value is -2.45. The van der Waals surface area contributed by atoms with Crippen LogP contribution >= 0.6 is 22.9 Å². The maximum Gasteiger partial charge on any atom is 0.311 e. The highest BCUT2D eigenvalue weighted by Crippen LogP contribution is 2.31. The Labute approximate surface area is 158 Å². The highest BCUT2D eigenvalue weighted by molar-refractivity contribution is 7.13. The van der Waals surface area contributed by atoms with Gasteiger partial charge in [0, 0.05) is 18.3 Å². The maximum absolute atomic E-state index is 12.5. The van der Waals surface area contributed by atoms with Crippen molar-refractivity contribution in [1.82, 2.24) is 4.98 Å². The molecule has 0 aliphatic carbocycles. The summed E-state index contributed by atoms with van der Waals surface area (Å²) in [6, 6.07) is 7.03. The first-order valence-electron chi connectivity index (χ1n) is 7.85. The number of halogens is 1. The zero-order valence-corrected chi connectivity index (χ0v) is 15.5. The fourth-order valence-electron chi connectivity index (χ4n) is 2.66. The molecule has 2 heterocycles. The number of amides is 2. The minimum Gasteiger partial charge on any atom is -0.469 e. The van der Waals surface area contributed by atoms with Crippen molar-refractivity contribution in [1.29, 1.82) is 0 Å². The van der Waals surface area contributed by atoms with Gasteiger partial charge in [0.1, 0.15) is 0 Å². The zero-order chi connectivity index (χ0) is 18.7. The van der Waals surface area contributed by atoms with E-state index in [-0.39, 0.29) is 31.2 Å². The molecule has 0 unspecified atom stereocenters. The summed E-state index contributed by atoms with van der Waals surface area (Å²) in [5, 5.41) is 5.24. The van der Waals surface area contributed by atoms with Crippen LogP contribution in [0.2, 0.25) is 5.02 Å². The third-order valence-corrected chi connectivity index (χ3v) is 5.10. The number of esters is 1. The number of ether oxygens (including phenoxy) is 1. The Kier molecular flexibility index (Phi) is 5.53. The van der Waals surface area contributed by atoms with E-state index in [1.165, 1.54) is 23.3 Å². The smallest absolute Gasteiger partial charge is 0.311 e. The topological polar surface area (TPSA) is 88.6 Å². The second-order valence-corrected chi connectivity index (χ2v) is 7.01. The molecule has 0 saturated carbocycles. The molecule has 1 aliphatic rings. The van der Waals surface area contributed by atoms with E-state index in [1.807, 2.05) is 0 Å². The second kappa shape index (κ2) is 7.84. The summed E-state index contributed by atoms with van der Waals surface area (Å²) in [4.78, 5) is 41.7. The average molecular weight is 394 g/mol. The maximum atomic E-state index is 12.5. The molecule has 0 bridgehead atoms. The lowest BCUT2D eigenvalue weighted by atomic mass is 10.1. The van der Waals surface area contributed by atoms with Crippen LogP contribution in [0.4, 0.5) is 10.8 Å². The van der Waals surface area contributed by atoms with Gasteiger partial charge in [0.15, 0.2) is 5.13 Å². The summed E-state index contributed by atoms with van der Waals surface area (Å²) in [6.45, 7) is 0.259. The number of carbonyl (C=O) groups excluding carboxylic acids is 3. The quantitative estimate of drug-likeness (QED) is 0.788. The van der Waals surface area contributed by atoms with Crippen LogP contribution in [0, 0.1) is 5.92 Å². The van der Waals surface area contributed by atoms with Crippen LogP contribution in [0.15, 0.2) is 29.6 Å². The molecule has 9 heteroatoms. The van der Waals surface area contributed by atoms with Crippen LogP contribution in [-0.2, 0) is 25.5 Å². The van der Waals surface area contributed by atoms with Crippen molar-refractivity contribution < 1.29 is 19.1 Å². The van der Waals surface area contributed by atoms with E-state index in [4.69, 9.17) is 11.6 Å². The van der Waals surface area contributed by atoms with Gasteiger partial charge in [-0.2, -0.15) is 0 Å². The van der Waals surface area contributed by atoms with Crippen molar-refractivity contribution in [2.24, 2.45) is 5.92 Å². The molecule has 136 valence electrons. The first-order valence-corrected chi connectivity index (χ1v) is 9.10. The van der Waals surface area contributed by atoms with Gasteiger partial charge in [-0.3, -0.25) is 14.4 Å². The molecule has 1 aliphatic heterocycles. The molecule has 1 aromatic carbocycles. The third-order valence-electron chi connectivity index (χ3n) is 3.97. The zero-order valence-electron chi connectivity index (χ0n) is 13.9. The Morgan fingerprint density at radius 2 is 2.19 bits per heavy atom. The van der Waals surface area contributed by atoms with Crippen LogP contribution in [-0.4, -0.2) is 36.4 Å². The predicted octanol–water partition coefficient (Wildman–Crippen LogP) is 2.50. The number of benzene rings is 1. The normalized spacial score (nSPS) is 16.6. The molecule has 1 fully saturated rings. The number of rotatable bonds is 5. The van der Waals surface area contributed by atoms with E-state index >= 15 is 0 Å². The second-order valence-electron chi connectivity index (χ2n) is 5.74. The Morgan fingerprint density at radius 3 is 2.92 bits per heavy atom. The molecule has 3 rings (SSSR count). The summed E-state index contributed by atoms with van der Waals surface area (Å²) in [5.74, 6) is -1.33. The summed E-state index contributed by atoms with van der Waals surface area (Å²) >= 11 is 7.36. The van der Waals surface area contributed by atoms with Gasteiger partial charge in [-0.25, -0.2) is 4.98 Å². The highest BCUT2D eigenvalue weighted by atomic mass is 35.5. The lowest BCUT2D eigenvalue weighted by Gasteiger charge is -2.17. The summed E-state index contributed by atoms with van der Waals surface area (Å²) < 4.78 is 4.59. The highest BCUT2D eigenvalue weighted by Gasteiger charge is 2.36. The number of methoxy groups -OCH3 is 1. The molecule has 0 spiro atoms. The van der Waals surface area contributed by atoms with E-state index in [1.54, 1.807) is 29.6 Å². The molecule has 1 aromatic heterocycles. The van der Waals surface area contributed by atoms with Gasteiger partial charge in [-0.1, -0.05) is 23.7 Å². The van der Waals surface area contributed by atoms with E-state index < -0.39 is 11.9 Å². The average Bonchev–Trinajstić information content (AvgIpc) is 3.22. The number of nitrogens with zero attached hydrogens (tertiary/aromatic N) is 2. The number of anilines is 2. The molecular formula is C17H16ClN3O4S. The van der Waals surface area contributed by atoms with Gasteiger partial charge in [0.05, 0.1) is 35.9 Å². The standard InChI is InChI=1S/C17H16ClN3O4S/c1-25-15(23)7-11-9-26-17(19-11)20-16(24)10-6-14(22)21(8-10)13-5-3-2-4-12(13)18/h2-5,9-10H,6-8H2,1H3,(H,19,20,24)/t10-/m0/s1. The van der Waals surface area contributed by atoms with Crippen molar-refractivity contribution in [3.8, 4) is 0 Å². The number of para-hydroxylation sites is 1. The van der Waals surface area contributed by atoms with Gasteiger partial charge in [-0.15, -0.1) is 11.3 Å². The number of nitrogens with one attached hydrogen (secondary N) is 1. The summed E-state index contributed by atoms with van der Waals surface area (Å²) in [5.41, 5.74) is 1.13. The SMILES string of the molecule is COC(=O)Cc1csc(NC(=O)[C@H]2CC(=O)N(c3ccccc3Cl)C2)n1. The van der Waals surface area contributed by atoms with Gasteiger partial charge < -0.3 is 15.0 Å². The molecule has 2 amide bonds. The van der Waals surface area contributed by atoms with E-state index in [9.17, 15) is 14.4 Å². The molecule has 26 heavy (non-hydrogen) atoms. The van der Waals surface area contributed by atoms with Crippen LogP contribution in [0.1, 0.15) is 12.1 Å². The largest absolute Gasteiger partial charge is 0.469 e. The van der Waals surface area contributed by atoms with E-state index in [0.717, 1.165) is 0 Å². The molecule has 2 aromatic rings. The Balaban J connectivity index is 1.63. The lowest BCUT2D eigenvalue weighted by Crippen LogP contribution is -2.28. The first-order chi connectivity index (χ1) is 12.5. The van der Waals surface area contributed by atoms with Crippen LogP contribution in [0.3, 0.4) is 0 Å². The Bertz CT molecular complexity index is 854. The van der Waals surface area contributed by atoms with Crippen molar-refractivity contribution in [2.45, 2.75) is 12.8 Å². The van der Waals surface area contributed by atoms with Gasteiger partial charge >= 0.3 is 5.97 Å². The number of hydrogen-bond acceptors (Lipinski definition) is 6. The minimum absolute atomic E-state index is 0.0467.